The topological polar surface area (TPSA) is 68.9 Å². The van der Waals surface area contributed by atoms with Crippen molar-refractivity contribution in [2.45, 2.75) is 40.0 Å². The van der Waals surface area contributed by atoms with Gasteiger partial charge in [-0.05, 0) is 43.4 Å². The number of hydrogen-bond acceptors (Lipinski definition) is 5. The molecule has 0 unspecified atom stereocenters. The number of rotatable bonds is 3. The molecule has 1 fully saturated rings. The first kappa shape index (κ1) is 15.9. The highest BCUT2D eigenvalue weighted by atomic mass is 16.5. The molecule has 0 saturated heterocycles. The summed E-state index contributed by atoms with van der Waals surface area (Å²) in [4.78, 5) is 21.0. The highest BCUT2D eigenvalue weighted by molar-refractivity contribution is 5.84. The Hall–Kier alpha value is -2.56. The van der Waals surface area contributed by atoms with E-state index in [2.05, 4.69) is 42.0 Å². The summed E-state index contributed by atoms with van der Waals surface area (Å²) in [5, 5.41) is 5.26. The Morgan fingerprint density at radius 1 is 1.24 bits per heavy atom. The lowest BCUT2D eigenvalue weighted by Gasteiger charge is -2.49. The number of carbonyl (C=O) groups excluding carboxylic acids is 1. The summed E-state index contributed by atoms with van der Waals surface area (Å²) in [6, 6.07) is 10.0. The van der Waals surface area contributed by atoms with Crippen LogP contribution in [0.3, 0.4) is 0 Å². The van der Waals surface area contributed by atoms with E-state index in [9.17, 15) is 4.79 Å². The monoisotopic (exact) mass is 335 g/mol. The maximum Gasteiger partial charge on any atom is 0.230 e. The molecule has 3 aromatic rings. The Morgan fingerprint density at radius 3 is 2.72 bits per heavy atom. The number of ketones is 1. The summed E-state index contributed by atoms with van der Waals surface area (Å²) in [5.41, 5.74) is 2.62. The van der Waals surface area contributed by atoms with Gasteiger partial charge in [-0.25, -0.2) is 4.98 Å². The fourth-order valence-corrected chi connectivity index (χ4v) is 3.98. The molecule has 1 saturated carbocycles. The molecule has 5 heteroatoms. The number of aryl methyl sites for hydroxylation is 1. The van der Waals surface area contributed by atoms with Crippen LogP contribution in [0.1, 0.15) is 44.6 Å². The SMILES string of the molecule is CC(=O)[C@@H]1C[C@H](c2nc(-c3cc(C)c4ccccc4n3)no2)C1(C)C. The van der Waals surface area contributed by atoms with E-state index in [0.29, 0.717) is 17.4 Å². The first-order valence-corrected chi connectivity index (χ1v) is 8.58. The van der Waals surface area contributed by atoms with E-state index >= 15 is 0 Å². The second-order valence-electron chi connectivity index (χ2n) is 7.57. The van der Waals surface area contributed by atoms with Gasteiger partial charge in [0.15, 0.2) is 0 Å². The van der Waals surface area contributed by atoms with E-state index in [1.165, 1.54) is 0 Å². The standard InChI is InChI=1S/C20H21N3O2/c1-11-9-17(21-16-8-6-5-7-13(11)16)18-22-19(25-23-18)15-10-14(12(2)24)20(15,3)4/h5-9,14-15H,10H2,1-4H3/t14-,15+/m0/s1. The maximum atomic E-state index is 11.7. The van der Waals surface area contributed by atoms with Crippen LogP contribution in [0.15, 0.2) is 34.9 Å². The highest BCUT2D eigenvalue weighted by Crippen LogP contribution is 2.56. The second-order valence-corrected chi connectivity index (χ2v) is 7.57. The Balaban J connectivity index is 1.68. The van der Waals surface area contributed by atoms with E-state index in [1.807, 2.05) is 24.3 Å². The smallest absolute Gasteiger partial charge is 0.230 e. The van der Waals surface area contributed by atoms with Crippen LogP contribution < -0.4 is 0 Å². The summed E-state index contributed by atoms with van der Waals surface area (Å²) in [6.45, 7) is 7.90. The van der Waals surface area contributed by atoms with Crippen LogP contribution in [-0.2, 0) is 4.79 Å². The fraction of sp³-hybridized carbons (Fsp3) is 0.400. The van der Waals surface area contributed by atoms with Crippen molar-refractivity contribution in [3.8, 4) is 11.5 Å². The lowest BCUT2D eigenvalue weighted by Crippen LogP contribution is -2.46. The van der Waals surface area contributed by atoms with Crippen molar-refractivity contribution in [2.24, 2.45) is 11.3 Å². The van der Waals surface area contributed by atoms with E-state index in [0.717, 1.165) is 22.9 Å². The molecule has 25 heavy (non-hydrogen) atoms. The molecule has 1 aromatic carbocycles. The van der Waals surface area contributed by atoms with Crippen molar-refractivity contribution < 1.29 is 9.32 Å². The summed E-state index contributed by atoms with van der Waals surface area (Å²) in [6.07, 6.45) is 0.772. The average molecular weight is 335 g/mol. The molecule has 0 spiro atoms. The van der Waals surface area contributed by atoms with Gasteiger partial charge in [0.05, 0.1) is 5.52 Å². The Kier molecular flexibility index (Phi) is 3.49. The molecule has 0 N–H and O–H groups in total. The molecule has 0 radical (unpaired) electrons. The van der Waals surface area contributed by atoms with Gasteiger partial charge < -0.3 is 4.52 Å². The summed E-state index contributed by atoms with van der Waals surface area (Å²) in [5.74, 6) is 1.52. The fourth-order valence-electron chi connectivity index (χ4n) is 3.98. The molecule has 0 bridgehead atoms. The first-order chi connectivity index (χ1) is 11.9. The van der Waals surface area contributed by atoms with Crippen molar-refractivity contribution >= 4 is 16.7 Å². The van der Waals surface area contributed by atoms with Crippen molar-refractivity contribution in [1.29, 1.82) is 0 Å². The van der Waals surface area contributed by atoms with Crippen LogP contribution in [0.25, 0.3) is 22.4 Å². The van der Waals surface area contributed by atoms with E-state index < -0.39 is 0 Å². The number of fused-ring (bicyclic) bond motifs is 1. The first-order valence-electron chi connectivity index (χ1n) is 8.58. The number of para-hydroxylation sites is 1. The maximum absolute atomic E-state index is 11.7. The van der Waals surface area contributed by atoms with Crippen molar-refractivity contribution in [3.05, 3.63) is 41.8 Å². The summed E-state index contributed by atoms with van der Waals surface area (Å²) in [7, 11) is 0. The van der Waals surface area contributed by atoms with Gasteiger partial charge in [0, 0.05) is 17.2 Å². The van der Waals surface area contributed by atoms with Crippen LogP contribution in [0.2, 0.25) is 0 Å². The molecule has 2 heterocycles. The number of hydrogen-bond donors (Lipinski definition) is 0. The van der Waals surface area contributed by atoms with E-state index in [1.54, 1.807) is 6.92 Å². The Bertz CT molecular complexity index is 974. The van der Waals surface area contributed by atoms with Crippen LogP contribution in [0, 0.1) is 18.3 Å². The molecule has 128 valence electrons. The molecule has 0 amide bonds. The minimum absolute atomic E-state index is 0.0638. The van der Waals surface area contributed by atoms with Gasteiger partial charge in [-0.2, -0.15) is 4.98 Å². The predicted molar refractivity (Wildman–Crippen MR) is 95.1 cm³/mol. The number of nitrogens with zero attached hydrogens (tertiary/aromatic N) is 3. The van der Waals surface area contributed by atoms with Gasteiger partial charge in [-0.3, -0.25) is 4.79 Å². The zero-order valence-electron chi connectivity index (χ0n) is 14.9. The minimum Gasteiger partial charge on any atom is -0.339 e. The third kappa shape index (κ3) is 2.46. The molecule has 1 aliphatic carbocycles. The van der Waals surface area contributed by atoms with E-state index in [-0.39, 0.29) is 23.0 Å². The third-order valence-electron chi connectivity index (χ3n) is 5.65. The summed E-state index contributed by atoms with van der Waals surface area (Å²) < 4.78 is 5.53. The van der Waals surface area contributed by atoms with Crippen molar-refractivity contribution in [2.75, 3.05) is 0 Å². The number of aromatic nitrogens is 3. The van der Waals surface area contributed by atoms with Gasteiger partial charge in [0.25, 0.3) is 0 Å². The quantitative estimate of drug-likeness (QED) is 0.713. The van der Waals surface area contributed by atoms with Crippen molar-refractivity contribution in [3.63, 3.8) is 0 Å². The Morgan fingerprint density at radius 2 is 2.00 bits per heavy atom. The number of pyridine rings is 1. The van der Waals surface area contributed by atoms with E-state index in [4.69, 9.17) is 4.52 Å². The van der Waals surface area contributed by atoms with Gasteiger partial charge in [0.2, 0.25) is 11.7 Å². The largest absolute Gasteiger partial charge is 0.339 e. The number of carbonyl (C=O) groups is 1. The highest BCUT2D eigenvalue weighted by Gasteiger charge is 2.53. The van der Waals surface area contributed by atoms with Gasteiger partial charge >= 0.3 is 0 Å². The van der Waals surface area contributed by atoms with Crippen LogP contribution in [0.4, 0.5) is 0 Å². The second kappa shape index (κ2) is 5.48. The third-order valence-corrected chi connectivity index (χ3v) is 5.65. The lowest BCUT2D eigenvalue weighted by atomic mass is 9.53. The number of benzene rings is 1. The van der Waals surface area contributed by atoms with Gasteiger partial charge in [0.1, 0.15) is 11.5 Å². The molecular formula is C20H21N3O2. The molecule has 1 aliphatic rings. The molecule has 2 aromatic heterocycles. The number of Topliss-reactive ketones (excluding diaryl/α,β-unsaturated/α-hetero) is 1. The predicted octanol–water partition coefficient (Wildman–Crippen LogP) is 4.31. The molecule has 2 atom stereocenters. The zero-order chi connectivity index (χ0) is 17.8. The molecule has 5 nitrogen and oxygen atoms in total. The minimum atomic E-state index is -0.150. The van der Waals surface area contributed by atoms with Crippen molar-refractivity contribution in [1.82, 2.24) is 15.1 Å². The molecule has 4 rings (SSSR count). The average Bonchev–Trinajstić information content (AvgIpc) is 3.03. The van der Waals surface area contributed by atoms with Gasteiger partial charge in [-0.15, -0.1) is 0 Å². The summed E-state index contributed by atoms with van der Waals surface area (Å²) >= 11 is 0. The lowest BCUT2D eigenvalue weighted by molar-refractivity contribution is -0.132. The zero-order valence-corrected chi connectivity index (χ0v) is 14.9. The normalized spacial score (nSPS) is 21.9. The molecular weight excluding hydrogens is 314 g/mol. The van der Waals surface area contributed by atoms with Crippen LogP contribution >= 0.6 is 0 Å². The Labute approximate surface area is 146 Å². The van der Waals surface area contributed by atoms with Gasteiger partial charge in [-0.1, -0.05) is 37.2 Å². The van der Waals surface area contributed by atoms with Crippen LogP contribution in [-0.4, -0.2) is 20.9 Å². The van der Waals surface area contributed by atoms with Crippen LogP contribution in [0.5, 0.6) is 0 Å². The molecule has 0 aliphatic heterocycles.